The van der Waals surface area contributed by atoms with Crippen LogP contribution in [-0.2, 0) is 0 Å². The van der Waals surface area contributed by atoms with Gasteiger partial charge in [0.2, 0.25) is 0 Å². The molecule has 0 amide bonds. The number of nitrogens with two attached hydrogens (primary N) is 1. The second kappa shape index (κ2) is 5.99. The molecule has 1 atom stereocenters. The monoisotopic (exact) mass is 265 g/mol. The maximum atomic E-state index is 10.9. The normalized spacial score (nSPS) is 16.6. The Morgan fingerprint density at radius 1 is 1.42 bits per heavy atom. The van der Waals surface area contributed by atoms with Crippen LogP contribution in [0, 0.1) is 10.1 Å². The topological polar surface area (TPSA) is 92.6 Å². The van der Waals surface area contributed by atoms with E-state index in [-0.39, 0.29) is 18.3 Å². The number of nitrogens with zero attached hydrogens (tertiary/aromatic N) is 2. The van der Waals surface area contributed by atoms with Gasteiger partial charge < -0.3 is 15.7 Å². The Morgan fingerprint density at radius 3 is 2.68 bits per heavy atom. The minimum atomic E-state index is -0.414. The molecule has 2 rings (SSSR count). The molecule has 0 aromatic heterocycles. The lowest BCUT2D eigenvalue weighted by molar-refractivity contribution is -0.384. The van der Waals surface area contributed by atoms with Crippen molar-refractivity contribution in [2.24, 2.45) is 5.73 Å². The van der Waals surface area contributed by atoms with Crippen molar-refractivity contribution in [1.29, 1.82) is 0 Å². The summed E-state index contributed by atoms with van der Waals surface area (Å²) in [4.78, 5) is 12.7. The van der Waals surface area contributed by atoms with E-state index < -0.39 is 4.92 Å². The largest absolute Gasteiger partial charge is 0.396 e. The Kier molecular flexibility index (Phi) is 4.34. The number of aliphatic hydroxyl groups excluding tert-OH is 1. The number of benzene rings is 1. The zero-order chi connectivity index (χ0) is 13.8. The Bertz CT molecular complexity index is 458. The molecule has 1 fully saturated rings. The lowest BCUT2D eigenvalue weighted by atomic mass is 10.0. The van der Waals surface area contributed by atoms with Gasteiger partial charge in [0.15, 0.2) is 0 Å². The molecule has 6 nitrogen and oxygen atoms in total. The summed E-state index contributed by atoms with van der Waals surface area (Å²) in [5, 5.41) is 19.9. The van der Waals surface area contributed by atoms with Crippen LogP contribution < -0.4 is 10.6 Å². The molecule has 0 aliphatic carbocycles. The van der Waals surface area contributed by atoms with E-state index in [1.165, 1.54) is 12.1 Å². The van der Waals surface area contributed by atoms with E-state index in [4.69, 9.17) is 10.8 Å². The smallest absolute Gasteiger partial charge is 0.269 e. The highest BCUT2D eigenvalue weighted by Gasteiger charge is 2.21. The SMILES string of the molecule is NC(CCO)c1cc([N+](=O)[O-])ccc1N1CCCC1. The lowest BCUT2D eigenvalue weighted by Gasteiger charge is -2.24. The predicted octanol–water partition coefficient (Wildman–Crippen LogP) is 1.58. The quantitative estimate of drug-likeness (QED) is 0.622. The van der Waals surface area contributed by atoms with Crippen molar-refractivity contribution in [2.75, 3.05) is 24.6 Å². The Balaban J connectivity index is 2.37. The molecule has 3 N–H and O–H groups in total. The Labute approximate surface area is 112 Å². The minimum Gasteiger partial charge on any atom is -0.396 e. The average molecular weight is 265 g/mol. The molecule has 1 heterocycles. The standard InChI is InChI=1S/C13H19N3O3/c14-12(5-8-17)11-9-10(16(18)19)3-4-13(11)15-6-1-2-7-15/h3-4,9,12,17H,1-2,5-8,14H2. The first kappa shape index (κ1) is 13.8. The molecule has 104 valence electrons. The summed E-state index contributed by atoms with van der Waals surface area (Å²) in [6.07, 6.45) is 2.67. The van der Waals surface area contributed by atoms with Gasteiger partial charge in [0.1, 0.15) is 0 Å². The van der Waals surface area contributed by atoms with E-state index in [9.17, 15) is 10.1 Å². The molecule has 6 heteroatoms. The van der Waals surface area contributed by atoms with Crippen molar-refractivity contribution in [3.8, 4) is 0 Å². The number of rotatable bonds is 5. The lowest BCUT2D eigenvalue weighted by Crippen LogP contribution is -2.22. The fourth-order valence-corrected chi connectivity index (χ4v) is 2.49. The first-order valence-electron chi connectivity index (χ1n) is 6.53. The fraction of sp³-hybridized carbons (Fsp3) is 0.538. The van der Waals surface area contributed by atoms with Crippen molar-refractivity contribution in [2.45, 2.75) is 25.3 Å². The van der Waals surface area contributed by atoms with Crippen LogP contribution in [0.4, 0.5) is 11.4 Å². The molecular weight excluding hydrogens is 246 g/mol. The van der Waals surface area contributed by atoms with E-state index in [2.05, 4.69) is 4.90 Å². The Hall–Kier alpha value is -1.66. The summed E-state index contributed by atoms with van der Waals surface area (Å²) in [5.41, 5.74) is 7.80. The number of non-ortho nitro benzene ring substituents is 1. The molecular formula is C13H19N3O3. The van der Waals surface area contributed by atoms with Crippen LogP contribution in [0.3, 0.4) is 0 Å². The van der Waals surface area contributed by atoms with Gasteiger partial charge in [-0.2, -0.15) is 0 Å². The molecule has 1 unspecified atom stereocenters. The minimum absolute atomic E-state index is 0.0245. The van der Waals surface area contributed by atoms with Crippen LogP contribution in [-0.4, -0.2) is 29.7 Å². The summed E-state index contributed by atoms with van der Waals surface area (Å²) in [7, 11) is 0. The van der Waals surface area contributed by atoms with E-state index in [0.717, 1.165) is 37.2 Å². The second-order valence-corrected chi connectivity index (χ2v) is 4.81. The van der Waals surface area contributed by atoms with E-state index in [1.54, 1.807) is 6.07 Å². The van der Waals surface area contributed by atoms with Gasteiger partial charge in [0.25, 0.3) is 5.69 Å². The third kappa shape index (κ3) is 3.02. The zero-order valence-corrected chi connectivity index (χ0v) is 10.8. The molecule has 1 aliphatic rings. The third-order valence-electron chi connectivity index (χ3n) is 3.51. The van der Waals surface area contributed by atoms with E-state index >= 15 is 0 Å². The van der Waals surface area contributed by atoms with Crippen LogP contribution >= 0.6 is 0 Å². The molecule has 0 bridgehead atoms. The number of aliphatic hydroxyl groups is 1. The first-order valence-corrected chi connectivity index (χ1v) is 6.53. The number of hydrogen-bond acceptors (Lipinski definition) is 5. The van der Waals surface area contributed by atoms with Gasteiger partial charge in [-0.1, -0.05) is 0 Å². The number of nitro benzene ring substituents is 1. The van der Waals surface area contributed by atoms with Gasteiger partial charge in [0, 0.05) is 43.6 Å². The summed E-state index contributed by atoms with van der Waals surface area (Å²) in [5.74, 6) is 0. The third-order valence-corrected chi connectivity index (χ3v) is 3.51. The number of hydrogen-bond donors (Lipinski definition) is 2. The number of anilines is 1. The maximum absolute atomic E-state index is 10.9. The second-order valence-electron chi connectivity index (χ2n) is 4.81. The highest BCUT2D eigenvalue weighted by atomic mass is 16.6. The van der Waals surface area contributed by atoms with Gasteiger partial charge in [-0.15, -0.1) is 0 Å². The summed E-state index contributed by atoms with van der Waals surface area (Å²) >= 11 is 0. The van der Waals surface area contributed by atoms with Crippen LogP contribution in [0.1, 0.15) is 30.9 Å². The fourth-order valence-electron chi connectivity index (χ4n) is 2.49. The molecule has 1 aliphatic heterocycles. The van der Waals surface area contributed by atoms with Gasteiger partial charge in [-0.3, -0.25) is 10.1 Å². The molecule has 1 aromatic carbocycles. The van der Waals surface area contributed by atoms with Crippen LogP contribution in [0.2, 0.25) is 0 Å². The van der Waals surface area contributed by atoms with Crippen molar-refractivity contribution in [3.05, 3.63) is 33.9 Å². The van der Waals surface area contributed by atoms with Gasteiger partial charge >= 0.3 is 0 Å². The first-order chi connectivity index (χ1) is 9.13. The van der Waals surface area contributed by atoms with Crippen LogP contribution in [0.15, 0.2) is 18.2 Å². The van der Waals surface area contributed by atoms with Crippen molar-refractivity contribution >= 4 is 11.4 Å². The summed E-state index contributed by atoms with van der Waals surface area (Å²) < 4.78 is 0. The van der Waals surface area contributed by atoms with Crippen LogP contribution in [0.25, 0.3) is 0 Å². The predicted molar refractivity (Wildman–Crippen MR) is 73.2 cm³/mol. The van der Waals surface area contributed by atoms with E-state index in [0.29, 0.717) is 6.42 Å². The van der Waals surface area contributed by atoms with Crippen LogP contribution in [0.5, 0.6) is 0 Å². The van der Waals surface area contributed by atoms with E-state index in [1.807, 2.05) is 0 Å². The van der Waals surface area contributed by atoms with Crippen molar-refractivity contribution in [3.63, 3.8) is 0 Å². The molecule has 0 saturated carbocycles. The molecule has 19 heavy (non-hydrogen) atoms. The van der Waals surface area contributed by atoms with Crippen molar-refractivity contribution in [1.82, 2.24) is 0 Å². The highest BCUT2D eigenvalue weighted by Crippen LogP contribution is 2.32. The average Bonchev–Trinajstić information content (AvgIpc) is 2.92. The Morgan fingerprint density at radius 2 is 2.11 bits per heavy atom. The molecule has 1 aromatic rings. The van der Waals surface area contributed by atoms with Gasteiger partial charge in [-0.05, 0) is 30.9 Å². The molecule has 1 saturated heterocycles. The number of nitro groups is 1. The molecule has 0 radical (unpaired) electrons. The zero-order valence-electron chi connectivity index (χ0n) is 10.8. The van der Waals surface area contributed by atoms with Gasteiger partial charge in [-0.25, -0.2) is 0 Å². The van der Waals surface area contributed by atoms with Crippen molar-refractivity contribution < 1.29 is 10.0 Å². The molecule has 0 spiro atoms. The summed E-state index contributed by atoms with van der Waals surface area (Å²) in [6, 6.07) is 4.45. The van der Waals surface area contributed by atoms with Gasteiger partial charge in [0.05, 0.1) is 4.92 Å². The maximum Gasteiger partial charge on any atom is 0.269 e. The highest BCUT2D eigenvalue weighted by molar-refractivity contribution is 5.59. The summed E-state index contributed by atoms with van der Waals surface area (Å²) in [6.45, 7) is 1.89.